The molecule has 1 heterocycles. The van der Waals surface area contributed by atoms with Crippen LogP contribution >= 0.6 is 0 Å². The van der Waals surface area contributed by atoms with E-state index in [1.165, 1.54) is 7.11 Å². The Bertz CT molecular complexity index is 369. The summed E-state index contributed by atoms with van der Waals surface area (Å²) in [5.41, 5.74) is 1.05. The van der Waals surface area contributed by atoms with E-state index in [2.05, 4.69) is 9.72 Å². The van der Waals surface area contributed by atoms with Crippen LogP contribution in [-0.4, -0.2) is 18.1 Å². The average Bonchev–Trinajstić information content (AvgIpc) is 2.25. The molecule has 0 unspecified atom stereocenters. The normalized spacial score (nSPS) is 9.14. The standard InChI is InChI=1S/C10H10N2O2/c1-14-10(13)8-4-3-7-12-9(8)5-2-6-11/h3-4,7H,2,5H2,1H3. The van der Waals surface area contributed by atoms with Crippen LogP contribution in [0.4, 0.5) is 0 Å². The number of esters is 1. The maximum atomic E-state index is 11.3. The first-order chi connectivity index (χ1) is 6.79. The third kappa shape index (κ3) is 2.30. The van der Waals surface area contributed by atoms with E-state index in [1.807, 2.05) is 6.07 Å². The highest BCUT2D eigenvalue weighted by atomic mass is 16.5. The Labute approximate surface area is 82.1 Å². The minimum absolute atomic E-state index is 0.348. The van der Waals surface area contributed by atoms with Crippen molar-refractivity contribution in [3.8, 4) is 6.07 Å². The SMILES string of the molecule is COC(=O)c1cccnc1CCC#N. The topological polar surface area (TPSA) is 63.0 Å². The lowest BCUT2D eigenvalue weighted by atomic mass is 10.1. The summed E-state index contributed by atoms with van der Waals surface area (Å²) in [5.74, 6) is -0.411. The number of methoxy groups -OCH3 is 1. The van der Waals surface area contributed by atoms with Gasteiger partial charge in [0.15, 0.2) is 0 Å². The fourth-order valence-corrected chi connectivity index (χ4v) is 1.11. The van der Waals surface area contributed by atoms with Gasteiger partial charge in [-0.15, -0.1) is 0 Å². The minimum Gasteiger partial charge on any atom is -0.465 e. The predicted molar refractivity (Wildman–Crippen MR) is 49.5 cm³/mol. The zero-order valence-electron chi connectivity index (χ0n) is 7.86. The van der Waals surface area contributed by atoms with Crippen molar-refractivity contribution in [2.75, 3.05) is 7.11 Å². The van der Waals surface area contributed by atoms with Crippen molar-refractivity contribution >= 4 is 5.97 Å². The van der Waals surface area contributed by atoms with E-state index >= 15 is 0 Å². The first kappa shape index (κ1) is 10.2. The van der Waals surface area contributed by atoms with E-state index in [1.54, 1.807) is 18.3 Å². The number of aryl methyl sites for hydroxylation is 1. The Kier molecular flexibility index (Phi) is 3.62. The summed E-state index contributed by atoms with van der Waals surface area (Å²) < 4.78 is 4.60. The number of aromatic nitrogens is 1. The average molecular weight is 190 g/mol. The number of hydrogen-bond acceptors (Lipinski definition) is 4. The molecule has 1 aromatic heterocycles. The summed E-state index contributed by atoms with van der Waals surface area (Å²) >= 11 is 0. The number of ether oxygens (including phenoxy) is 1. The van der Waals surface area contributed by atoms with Gasteiger partial charge in [-0.1, -0.05) is 0 Å². The first-order valence-corrected chi connectivity index (χ1v) is 4.18. The molecule has 1 aromatic rings. The molecule has 0 N–H and O–H groups in total. The number of carbonyl (C=O) groups is 1. The molecule has 4 heteroatoms. The Morgan fingerprint density at radius 2 is 2.50 bits per heavy atom. The van der Waals surface area contributed by atoms with Crippen molar-refractivity contribution in [1.82, 2.24) is 4.98 Å². The van der Waals surface area contributed by atoms with Crippen molar-refractivity contribution in [2.24, 2.45) is 0 Å². The highest BCUT2D eigenvalue weighted by molar-refractivity contribution is 5.90. The van der Waals surface area contributed by atoms with E-state index in [0.29, 0.717) is 24.1 Å². The Morgan fingerprint density at radius 1 is 1.71 bits per heavy atom. The lowest BCUT2D eigenvalue weighted by molar-refractivity contribution is 0.0599. The molecule has 4 nitrogen and oxygen atoms in total. The van der Waals surface area contributed by atoms with Gasteiger partial charge in [-0.2, -0.15) is 5.26 Å². The lowest BCUT2D eigenvalue weighted by Crippen LogP contribution is -2.07. The molecule has 0 spiro atoms. The van der Waals surface area contributed by atoms with Crippen molar-refractivity contribution in [3.63, 3.8) is 0 Å². The van der Waals surface area contributed by atoms with Gasteiger partial charge in [0, 0.05) is 19.0 Å². The number of carbonyl (C=O) groups excluding carboxylic acids is 1. The van der Waals surface area contributed by atoms with Crippen molar-refractivity contribution in [1.29, 1.82) is 5.26 Å². The highest BCUT2D eigenvalue weighted by Gasteiger charge is 2.11. The van der Waals surface area contributed by atoms with Gasteiger partial charge in [-0.25, -0.2) is 4.79 Å². The van der Waals surface area contributed by atoms with Gasteiger partial charge in [0.05, 0.1) is 24.4 Å². The summed E-state index contributed by atoms with van der Waals surface area (Å²) in [7, 11) is 1.32. The van der Waals surface area contributed by atoms with E-state index in [-0.39, 0.29) is 0 Å². The fourth-order valence-electron chi connectivity index (χ4n) is 1.11. The molecule has 0 radical (unpaired) electrons. The third-order valence-corrected chi connectivity index (χ3v) is 1.77. The molecule has 0 aliphatic carbocycles. The van der Waals surface area contributed by atoms with E-state index < -0.39 is 5.97 Å². The predicted octanol–water partition coefficient (Wildman–Crippen LogP) is 1.32. The molecule has 0 saturated carbocycles. The number of hydrogen-bond donors (Lipinski definition) is 0. The van der Waals surface area contributed by atoms with Crippen LogP contribution in [0.5, 0.6) is 0 Å². The molecule has 0 amide bonds. The van der Waals surface area contributed by atoms with Crippen molar-refractivity contribution < 1.29 is 9.53 Å². The molecular weight excluding hydrogens is 180 g/mol. The van der Waals surface area contributed by atoms with Gasteiger partial charge in [-0.05, 0) is 12.1 Å². The van der Waals surface area contributed by atoms with Gasteiger partial charge in [0.1, 0.15) is 0 Å². The van der Waals surface area contributed by atoms with Crippen molar-refractivity contribution in [3.05, 3.63) is 29.6 Å². The fraction of sp³-hybridized carbons (Fsp3) is 0.300. The molecule has 0 fully saturated rings. The summed E-state index contributed by atoms with van der Waals surface area (Å²) in [6.45, 7) is 0. The van der Waals surface area contributed by atoms with Crippen LogP contribution in [0.25, 0.3) is 0 Å². The quantitative estimate of drug-likeness (QED) is 0.674. The first-order valence-electron chi connectivity index (χ1n) is 4.18. The summed E-state index contributed by atoms with van der Waals surface area (Å²) in [6.07, 6.45) is 2.42. The van der Waals surface area contributed by atoms with Crippen LogP contribution in [-0.2, 0) is 11.2 Å². The second-order valence-electron chi connectivity index (χ2n) is 2.65. The minimum atomic E-state index is -0.411. The van der Waals surface area contributed by atoms with E-state index in [4.69, 9.17) is 5.26 Å². The molecule has 14 heavy (non-hydrogen) atoms. The molecule has 0 aromatic carbocycles. The molecule has 0 aliphatic heterocycles. The van der Waals surface area contributed by atoms with Crippen LogP contribution in [0.3, 0.4) is 0 Å². The van der Waals surface area contributed by atoms with Gasteiger partial charge < -0.3 is 4.74 Å². The number of nitrogens with zero attached hydrogens (tertiary/aromatic N) is 2. The van der Waals surface area contributed by atoms with Crippen LogP contribution in [0.2, 0.25) is 0 Å². The molecule has 72 valence electrons. The molecule has 0 aliphatic rings. The van der Waals surface area contributed by atoms with Crippen LogP contribution in [0.15, 0.2) is 18.3 Å². The monoisotopic (exact) mass is 190 g/mol. The summed E-state index contributed by atoms with van der Waals surface area (Å²) in [5, 5.41) is 8.42. The lowest BCUT2D eigenvalue weighted by Gasteiger charge is -2.03. The molecule has 0 saturated heterocycles. The maximum absolute atomic E-state index is 11.3. The maximum Gasteiger partial charge on any atom is 0.339 e. The number of nitriles is 1. The van der Waals surface area contributed by atoms with Gasteiger partial charge in [0.25, 0.3) is 0 Å². The van der Waals surface area contributed by atoms with E-state index in [0.717, 1.165) is 0 Å². The van der Waals surface area contributed by atoms with Crippen LogP contribution in [0.1, 0.15) is 22.5 Å². The second-order valence-corrected chi connectivity index (χ2v) is 2.65. The Morgan fingerprint density at radius 3 is 3.14 bits per heavy atom. The van der Waals surface area contributed by atoms with Gasteiger partial charge >= 0.3 is 5.97 Å². The Hall–Kier alpha value is -1.89. The zero-order chi connectivity index (χ0) is 10.4. The van der Waals surface area contributed by atoms with Crippen molar-refractivity contribution in [2.45, 2.75) is 12.8 Å². The Balaban J connectivity index is 2.92. The molecule has 0 bridgehead atoms. The smallest absolute Gasteiger partial charge is 0.339 e. The third-order valence-electron chi connectivity index (χ3n) is 1.77. The summed E-state index contributed by atoms with van der Waals surface area (Å²) in [4.78, 5) is 15.3. The zero-order valence-corrected chi connectivity index (χ0v) is 7.86. The number of pyridine rings is 1. The molecule has 0 atom stereocenters. The van der Waals surface area contributed by atoms with Gasteiger partial charge in [-0.3, -0.25) is 4.98 Å². The highest BCUT2D eigenvalue weighted by Crippen LogP contribution is 2.08. The van der Waals surface area contributed by atoms with Crippen LogP contribution < -0.4 is 0 Å². The van der Waals surface area contributed by atoms with Crippen LogP contribution in [0, 0.1) is 11.3 Å². The summed E-state index contributed by atoms with van der Waals surface area (Å²) in [6, 6.07) is 5.32. The number of rotatable bonds is 3. The largest absolute Gasteiger partial charge is 0.465 e. The molecule has 1 rings (SSSR count). The van der Waals surface area contributed by atoms with Gasteiger partial charge in [0.2, 0.25) is 0 Å². The second kappa shape index (κ2) is 4.97. The van der Waals surface area contributed by atoms with E-state index in [9.17, 15) is 4.79 Å². The molecular formula is C10H10N2O2.